The van der Waals surface area contributed by atoms with Crippen molar-refractivity contribution >= 4 is 17.4 Å². The lowest BCUT2D eigenvalue weighted by atomic mass is 10.1. The van der Waals surface area contributed by atoms with Gasteiger partial charge < -0.3 is 19.7 Å². The molecule has 1 aliphatic rings. The molecule has 0 saturated carbocycles. The van der Waals surface area contributed by atoms with Gasteiger partial charge in [-0.1, -0.05) is 12.1 Å². The number of carbonyl (C=O) groups is 1. The number of methoxy groups -OCH3 is 2. The Hall–Kier alpha value is -3.61. The quantitative estimate of drug-likeness (QED) is 0.639. The van der Waals surface area contributed by atoms with Crippen LogP contribution in [0.1, 0.15) is 29.6 Å². The van der Waals surface area contributed by atoms with Crippen LogP contribution < -0.4 is 19.7 Å². The molecular formula is C24H26N4O3. The monoisotopic (exact) mass is 418 g/mol. The van der Waals surface area contributed by atoms with Crippen LogP contribution in [0.4, 0.5) is 11.5 Å². The molecule has 0 atom stereocenters. The van der Waals surface area contributed by atoms with E-state index in [0.717, 1.165) is 30.2 Å². The Bertz CT molecular complexity index is 1030. The number of anilines is 2. The molecule has 0 radical (unpaired) electrons. The molecule has 160 valence electrons. The van der Waals surface area contributed by atoms with Gasteiger partial charge >= 0.3 is 0 Å². The van der Waals surface area contributed by atoms with Gasteiger partial charge in [0, 0.05) is 24.3 Å². The lowest BCUT2D eigenvalue weighted by molar-refractivity contribution is 0.102. The van der Waals surface area contributed by atoms with Crippen molar-refractivity contribution in [2.75, 3.05) is 37.5 Å². The highest BCUT2D eigenvalue weighted by atomic mass is 16.5. The van der Waals surface area contributed by atoms with Gasteiger partial charge in [-0.2, -0.15) is 0 Å². The lowest BCUT2D eigenvalue weighted by Crippen LogP contribution is -2.30. The van der Waals surface area contributed by atoms with Gasteiger partial charge in [-0.25, -0.2) is 0 Å². The van der Waals surface area contributed by atoms with Crippen molar-refractivity contribution in [2.24, 2.45) is 0 Å². The number of ether oxygens (including phenoxy) is 2. The topological polar surface area (TPSA) is 76.6 Å². The molecule has 0 bridgehead atoms. The zero-order valence-electron chi connectivity index (χ0n) is 17.8. The Balaban J connectivity index is 1.45. The number of rotatable bonds is 6. The van der Waals surface area contributed by atoms with Crippen molar-refractivity contribution in [1.29, 1.82) is 0 Å². The summed E-state index contributed by atoms with van der Waals surface area (Å²) in [5.41, 5.74) is 2.82. The number of benzene rings is 2. The third-order valence-electron chi connectivity index (χ3n) is 5.42. The maximum Gasteiger partial charge on any atom is 0.259 e. The van der Waals surface area contributed by atoms with Gasteiger partial charge in [0.2, 0.25) is 0 Å². The number of amides is 1. The molecule has 31 heavy (non-hydrogen) atoms. The summed E-state index contributed by atoms with van der Waals surface area (Å²) in [6.45, 7) is 2.08. The fourth-order valence-electron chi connectivity index (χ4n) is 3.69. The van der Waals surface area contributed by atoms with Crippen LogP contribution in [-0.4, -0.2) is 43.4 Å². The second kappa shape index (κ2) is 9.47. The van der Waals surface area contributed by atoms with Gasteiger partial charge in [-0.05, 0) is 61.7 Å². The second-order valence-electron chi connectivity index (χ2n) is 7.42. The van der Waals surface area contributed by atoms with Crippen LogP contribution in [0.5, 0.6) is 11.5 Å². The van der Waals surface area contributed by atoms with E-state index in [1.807, 2.05) is 36.4 Å². The Morgan fingerprint density at radius 1 is 0.903 bits per heavy atom. The molecule has 1 aromatic heterocycles. The molecule has 7 heteroatoms. The van der Waals surface area contributed by atoms with Crippen molar-refractivity contribution in [2.45, 2.75) is 19.3 Å². The summed E-state index contributed by atoms with van der Waals surface area (Å²) in [7, 11) is 3.09. The molecule has 0 unspecified atom stereocenters. The molecule has 2 heterocycles. The molecule has 1 amide bonds. The third kappa shape index (κ3) is 4.77. The van der Waals surface area contributed by atoms with Crippen molar-refractivity contribution in [1.82, 2.24) is 10.2 Å². The standard InChI is InChI=1S/C24H26N4O3/c1-30-19-10-12-22(31-2)20(16-19)24(29)25-18-8-6-17(7-9-18)21-11-13-23(27-26-21)28-14-4-3-5-15-28/h6-13,16H,3-5,14-15H2,1-2H3,(H,25,29). The minimum atomic E-state index is -0.269. The fraction of sp³-hybridized carbons (Fsp3) is 0.292. The molecular weight excluding hydrogens is 392 g/mol. The van der Waals surface area contributed by atoms with Crippen LogP contribution in [0.3, 0.4) is 0 Å². The van der Waals surface area contributed by atoms with Crippen LogP contribution >= 0.6 is 0 Å². The average molecular weight is 418 g/mol. The van der Waals surface area contributed by atoms with Gasteiger partial charge in [-0.3, -0.25) is 4.79 Å². The Labute approximate surface area is 182 Å². The maximum atomic E-state index is 12.7. The normalized spacial score (nSPS) is 13.5. The Morgan fingerprint density at radius 2 is 1.68 bits per heavy atom. The van der Waals surface area contributed by atoms with Gasteiger partial charge in [-0.15, -0.1) is 10.2 Å². The molecule has 1 fully saturated rings. The molecule has 1 aliphatic heterocycles. The van der Waals surface area contributed by atoms with Crippen LogP contribution in [0.2, 0.25) is 0 Å². The number of nitrogens with zero attached hydrogens (tertiary/aromatic N) is 3. The summed E-state index contributed by atoms with van der Waals surface area (Å²) in [4.78, 5) is 15.0. The summed E-state index contributed by atoms with van der Waals surface area (Å²) in [5.74, 6) is 1.74. The lowest BCUT2D eigenvalue weighted by Gasteiger charge is -2.27. The first kappa shape index (κ1) is 20.7. The van der Waals surface area contributed by atoms with Crippen molar-refractivity contribution in [3.63, 3.8) is 0 Å². The summed E-state index contributed by atoms with van der Waals surface area (Å²) in [6.07, 6.45) is 3.70. The summed E-state index contributed by atoms with van der Waals surface area (Å²) in [6, 6.07) is 16.7. The van der Waals surface area contributed by atoms with E-state index in [1.165, 1.54) is 26.4 Å². The average Bonchev–Trinajstić information content (AvgIpc) is 2.84. The number of hydrogen-bond donors (Lipinski definition) is 1. The van der Waals surface area contributed by atoms with Crippen LogP contribution in [0.15, 0.2) is 54.6 Å². The molecule has 2 aromatic carbocycles. The van der Waals surface area contributed by atoms with Gasteiger partial charge in [0.1, 0.15) is 11.5 Å². The number of carbonyl (C=O) groups excluding carboxylic acids is 1. The van der Waals surface area contributed by atoms with Gasteiger partial charge in [0.25, 0.3) is 5.91 Å². The summed E-state index contributed by atoms with van der Waals surface area (Å²) < 4.78 is 10.5. The summed E-state index contributed by atoms with van der Waals surface area (Å²) >= 11 is 0. The van der Waals surface area contributed by atoms with Crippen LogP contribution in [0.25, 0.3) is 11.3 Å². The van der Waals surface area contributed by atoms with E-state index in [2.05, 4.69) is 20.4 Å². The molecule has 7 nitrogen and oxygen atoms in total. The van der Waals surface area contributed by atoms with Crippen LogP contribution in [0, 0.1) is 0 Å². The summed E-state index contributed by atoms with van der Waals surface area (Å²) in [5, 5.41) is 11.7. The predicted octanol–water partition coefficient (Wildman–Crippen LogP) is 4.40. The van der Waals surface area contributed by atoms with Crippen molar-refractivity contribution in [3.8, 4) is 22.8 Å². The van der Waals surface area contributed by atoms with E-state index in [0.29, 0.717) is 22.7 Å². The molecule has 3 aromatic rings. The minimum absolute atomic E-state index is 0.269. The SMILES string of the molecule is COc1ccc(OC)c(C(=O)Nc2ccc(-c3ccc(N4CCCCC4)nn3)cc2)c1. The number of aromatic nitrogens is 2. The van der Waals surface area contributed by atoms with E-state index in [1.54, 1.807) is 25.3 Å². The number of piperidine rings is 1. The van der Waals surface area contributed by atoms with E-state index in [4.69, 9.17) is 9.47 Å². The van der Waals surface area contributed by atoms with Gasteiger partial charge in [0.05, 0.1) is 25.5 Å². The van der Waals surface area contributed by atoms with Crippen LogP contribution in [-0.2, 0) is 0 Å². The first-order chi connectivity index (χ1) is 15.2. The highest BCUT2D eigenvalue weighted by Gasteiger charge is 2.15. The van der Waals surface area contributed by atoms with E-state index in [9.17, 15) is 4.79 Å². The molecule has 0 aliphatic carbocycles. The maximum absolute atomic E-state index is 12.7. The molecule has 1 saturated heterocycles. The van der Waals surface area contributed by atoms with E-state index in [-0.39, 0.29) is 5.91 Å². The zero-order chi connectivity index (χ0) is 21.6. The number of hydrogen-bond acceptors (Lipinski definition) is 6. The third-order valence-corrected chi connectivity index (χ3v) is 5.42. The second-order valence-corrected chi connectivity index (χ2v) is 7.42. The first-order valence-corrected chi connectivity index (χ1v) is 10.4. The minimum Gasteiger partial charge on any atom is -0.497 e. The first-order valence-electron chi connectivity index (χ1n) is 10.4. The highest BCUT2D eigenvalue weighted by Crippen LogP contribution is 2.26. The van der Waals surface area contributed by atoms with Crippen molar-refractivity contribution < 1.29 is 14.3 Å². The largest absolute Gasteiger partial charge is 0.497 e. The molecule has 1 N–H and O–H groups in total. The highest BCUT2D eigenvalue weighted by molar-refractivity contribution is 6.06. The zero-order valence-corrected chi connectivity index (χ0v) is 17.8. The smallest absolute Gasteiger partial charge is 0.259 e. The van der Waals surface area contributed by atoms with E-state index >= 15 is 0 Å². The Kier molecular flexibility index (Phi) is 6.31. The molecule has 0 spiro atoms. The molecule has 4 rings (SSSR count). The van der Waals surface area contributed by atoms with Crippen molar-refractivity contribution in [3.05, 3.63) is 60.2 Å². The van der Waals surface area contributed by atoms with E-state index < -0.39 is 0 Å². The Morgan fingerprint density at radius 3 is 2.32 bits per heavy atom. The predicted molar refractivity (Wildman–Crippen MR) is 121 cm³/mol. The number of nitrogens with one attached hydrogen (secondary N) is 1. The fourth-order valence-corrected chi connectivity index (χ4v) is 3.69. The van der Waals surface area contributed by atoms with Gasteiger partial charge in [0.15, 0.2) is 5.82 Å².